The van der Waals surface area contributed by atoms with Gasteiger partial charge < -0.3 is 10.3 Å². The highest BCUT2D eigenvalue weighted by molar-refractivity contribution is 7.15. The second kappa shape index (κ2) is 7.17. The summed E-state index contributed by atoms with van der Waals surface area (Å²) in [6.45, 7) is 0.591. The van der Waals surface area contributed by atoms with Crippen molar-refractivity contribution in [2.45, 2.75) is 43.6 Å². The molecule has 176 valence electrons. The van der Waals surface area contributed by atoms with Crippen LogP contribution in [-0.2, 0) is 5.41 Å². The fourth-order valence-corrected chi connectivity index (χ4v) is 8.87. The van der Waals surface area contributed by atoms with Crippen LogP contribution in [0.1, 0.15) is 48.7 Å². The number of rotatable bonds is 4. The summed E-state index contributed by atoms with van der Waals surface area (Å²) in [5.74, 6) is 2.86. The molecule has 4 aromatic rings. The van der Waals surface area contributed by atoms with Gasteiger partial charge in [0.2, 0.25) is 0 Å². The molecule has 1 aliphatic heterocycles. The highest BCUT2D eigenvalue weighted by atomic mass is 32.1. The number of carbonyl (C=O) groups excluding carboxylic acids is 1. The standard InChI is InChI=1S/C28H27N5OS/c34-27-30-13-24(33(27)21-5-6-22-23(9-21)32-15-31-22)17-1-3-18(4-2-17)25-14-29-26(35-25)28-10-16-7-19(11-28)20(8-16)12-28/h1-6,9,14-16,19-20,24H,7-8,10-13H2,(H,30,34)(H,31,32). The first-order valence-corrected chi connectivity index (χ1v) is 13.5. The number of aromatic amines is 1. The van der Waals surface area contributed by atoms with Crippen LogP contribution in [0, 0.1) is 17.8 Å². The number of carbonyl (C=O) groups is 1. The highest BCUT2D eigenvalue weighted by Crippen LogP contribution is 2.65. The van der Waals surface area contributed by atoms with E-state index in [0.717, 1.165) is 40.0 Å². The number of amides is 2. The Balaban J connectivity index is 1.07. The topological polar surface area (TPSA) is 73.9 Å². The minimum atomic E-state index is -0.0688. The number of nitrogens with one attached hydrogen (secondary N) is 2. The van der Waals surface area contributed by atoms with Gasteiger partial charge in [-0.25, -0.2) is 14.8 Å². The number of urea groups is 1. The summed E-state index contributed by atoms with van der Waals surface area (Å²) >= 11 is 1.91. The number of nitrogens with zero attached hydrogens (tertiary/aromatic N) is 3. The zero-order valence-electron chi connectivity index (χ0n) is 19.4. The molecule has 0 radical (unpaired) electrons. The number of aromatic nitrogens is 3. The van der Waals surface area contributed by atoms with Gasteiger partial charge >= 0.3 is 6.03 Å². The average Bonchev–Trinajstić information content (AvgIpc) is 3.68. The Hall–Kier alpha value is -3.19. The van der Waals surface area contributed by atoms with Crippen molar-refractivity contribution in [1.29, 1.82) is 0 Å². The van der Waals surface area contributed by atoms with Crippen LogP contribution in [0.3, 0.4) is 0 Å². The van der Waals surface area contributed by atoms with Gasteiger partial charge in [-0.2, -0.15) is 0 Å². The lowest BCUT2D eigenvalue weighted by Crippen LogP contribution is -2.31. The number of imidazole rings is 1. The number of H-pyrrole nitrogens is 1. The fourth-order valence-electron chi connectivity index (χ4n) is 7.73. The maximum atomic E-state index is 12.7. The molecule has 3 atom stereocenters. The van der Waals surface area contributed by atoms with Gasteiger partial charge in [0.15, 0.2) is 0 Å². The summed E-state index contributed by atoms with van der Waals surface area (Å²) in [6.07, 6.45) is 10.8. The summed E-state index contributed by atoms with van der Waals surface area (Å²) in [4.78, 5) is 28.3. The molecule has 0 spiro atoms. The molecular formula is C28H27N5OS. The molecule has 4 bridgehead atoms. The Morgan fingerprint density at radius 3 is 2.63 bits per heavy atom. The quantitative estimate of drug-likeness (QED) is 0.373. The predicted octanol–water partition coefficient (Wildman–Crippen LogP) is 6.04. The van der Waals surface area contributed by atoms with Crippen LogP contribution in [0.5, 0.6) is 0 Å². The van der Waals surface area contributed by atoms with Gasteiger partial charge in [-0.15, -0.1) is 11.3 Å². The van der Waals surface area contributed by atoms with Crippen molar-refractivity contribution < 1.29 is 4.79 Å². The molecule has 5 aliphatic rings. The van der Waals surface area contributed by atoms with E-state index in [1.54, 1.807) is 6.33 Å². The van der Waals surface area contributed by atoms with Crippen molar-refractivity contribution in [2.24, 2.45) is 17.8 Å². The average molecular weight is 482 g/mol. The van der Waals surface area contributed by atoms with Crippen LogP contribution in [0.4, 0.5) is 10.5 Å². The molecule has 1 saturated heterocycles. The lowest BCUT2D eigenvalue weighted by molar-refractivity contribution is 0.229. The van der Waals surface area contributed by atoms with E-state index in [1.807, 2.05) is 34.4 Å². The first-order chi connectivity index (χ1) is 17.1. The van der Waals surface area contributed by atoms with Gasteiger partial charge in [0.05, 0.1) is 33.3 Å². The molecule has 3 unspecified atom stereocenters. The molecule has 2 aromatic carbocycles. The largest absolute Gasteiger partial charge is 0.345 e. The summed E-state index contributed by atoms with van der Waals surface area (Å²) in [5.41, 5.74) is 5.40. The second-order valence-electron chi connectivity index (χ2n) is 11.1. The summed E-state index contributed by atoms with van der Waals surface area (Å²) in [6, 6.07) is 14.5. The van der Waals surface area contributed by atoms with E-state index in [4.69, 9.17) is 4.98 Å². The van der Waals surface area contributed by atoms with Gasteiger partial charge in [0.25, 0.3) is 0 Å². The number of hydrogen-bond acceptors (Lipinski definition) is 4. The molecule has 2 aromatic heterocycles. The van der Waals surface area contributed by atoms with Crippen LogP contribution in [-0.4, -0.2) is 27.5 Å². The Morgan fingerprint density at radius 1 is 1.00 bits per heavy atom. The van der Waals surface area contributed by atoms with Gasteiger partial charge in [-0.1, -0.05) is 24.3 Å². The fraction of sp³-hybridized carbons (Fsp3) is 0.393. The normalized spacial score (nSPS) is 31.1. The molecule has 35 heavy (non-hydrogen) atoms. The van der Waals surface area contributed by atoms with Crippen LogP contribution >= 0.6 is 11.3 Å². The van der Waals surface area contributed by atoms with E-state index in [0.29, 0.717) is 12.0 Å². The zero-order chi connectivity index (χ0) is 23.1. The van der Waals surface area contributed by atoms with E-state index in [2.05, 4.69) is 45.7 Å². The maximum Gasteiger partial charge on any atom is 0.322 e. The Bertz CT molecular complexity index is 1440. The molecule has 6 nitrogen and oxygen atoms in total. The maximum absolute atomic E-state index is 12.7. The number of thiazole rings is 1. The molecule has 4 saturated carbocycles. The minimum absolute atomic E-state index is 0.0479. The van der Waals surface area contributed by atoms with Gasteiger partial charge in [-0.05, 0) is 79.2 Å². The molecule has 4 aliphatic carbocycles. The Labute approximate surface area is 207 Å². The van der Waals surface area contributed by atoms with Crippen molar-refractivity contribution in [2.75, 3.05) is 11.4 Å². The molecule has 2 N–H and O–H groups in total. The number of hydrogen-bond donors (Lipinski definition) is 2. The highest BCUT2D eigenvalue weighted by Gasteiger charge is 2.57. The third-order valence-corrected chi connectivity index (χ3v) is 10.4. The van der Waals surface area contributed by atoms with E-state index in [9.17, 15) is 4.79 Å². The molecular weight excluding hydrogens is 454 g/mol. The van der Waals surface area contributed by atoms with Crippen molar-refractivity contribution in [3.05, 3.63) is 65.6 Å². The third-order valence-electron chi connectivity index (χ3n) is 9.12. The lowest BCUT2D eigenvalue weighted by atomic mass is 9.70. The van der Waals surface area contributed by atoms with Crippen LogP contribution in [0.15, 0.2) is 55.0 Å². The van der Waals surface area contributed by atoms with Crippen LogP contribution < -0.4 is 10.2 Å². The monoisotopic (exact) mass is 481 g/mol. The Kier molecular flexibility index (Phi) is 4.10. The molecule has 2 amide bonds. The number of fused-ring (bicyclic) bond motifs is 1. The molecule has 7 heteroatoms. The van der Waals surface area contributed by atoms with Gasteiger partial charge in [0, 0.05) is 23.8 Å². The summed E-state index contributed by atoms with van der Waals surface area (Å²) in [7, 11) is 0. The van der Waals surface area contributed by atoms with Gasteiger partial charge in [0.1, 0.15) is 0 Å². The second-order valence-corrected chi connectivity index (χ2v) is 12.1. The predicted molar refractivity (Wildman–Crippen MR) is 137 cm³/mol. The number of benzene rings is 2. The van der Waals surface area contributed by atoms with Crippen LogP contribution in [0.2, 0.25) is 0 Å². The van der Waals surface area contributed by atoms with E-state index < -0.39 is 0 Å². The minimum Gasteiger partial charge on any atom is -0.345 e. The first kappa shape index (κ1) is 20.0. The first-order valence-electron chi connectivity index (χ1n) is 12.7. The summed E-state index contributed by atoms with van der Waals surface area (Å²) in [5, 5.41) is 4.39. The summed E-state index contributed by atoms with van der Waals surface area (Å²) < 4.78 is 0. The van der Waals surface area contributed by atoms with Crippen molar-refractivity contribution >= 4 is 34.1 Å². The van der Waals surface area contributed by atoms with E-state index in [-0.39, 0.29) is 12.1 Å². The molecule has 3 heterocycles. The lowest BCUT2D eigenvalue weighted by Gasteiger charge is -2.36. The zero-order valence-corrected chi connectivity index (χ0v) is 20.2. The van der Waals surface area contributed by atoms with Gasteiger partial charge in [-0.3, -0.25) is 4.90 Å². The van der Waals surface area contributed by atoms with Crippen LogP contribution in [0.25, 0.3) is 21.5 Å². The van der Waals surface area contributed by atoms with Crippen molar-refractivity contribution in [1.82, 2.24) is 20.3 Å². The van der Waals surface area contributed by atoms with Crippen molar-refractivity contribution in [3.8, 4) is 10.4 Å². The Morgan fingerprint density at radius 2 is 1.83 bits per heavy atom. The third kappa shape index (κ3) is 2.97. The molecule has 5 fully saturated rings. The van der Waals surface area contributed by atoms with E-state index in [1.165, 1.54) is 47.6 Å². The van der Waals surface area contributed by atoms with E-state index >= 15 is 0 Å². The molecule has 9 rings (SSSR count). The van der Waals surface area contributed by atoms with Crippen molar-refractivity contribution in [3.63, 3.8) is 0 Å². The SMILES string of the molecule is O=C1NCC(c2ccc(-c3cnc(C45CC6CC(C4)C(C6)C5)s3)cc2)N1c1ccc2[nH]cnc2c1. The number of anilines is 1. The smallest absolute Gasteiger partial charge is 0.322 e.